The zero-order valence-electron chi connectivity index (χ0n) is 34.2. The van der Waals surface area contributed by atoms with E-state index in [1.54, 1.807) is 26.5 Å². The summed E-state index contributed by atoms with van der Waals surface area (Å²) in [5.74, 6) is -0.603. The van der Waals surface area contributed by atoms with Crippen molar-refractivity contribution in [3.63, 3.8) is 0 Å². The molecule has 3 amide bonds. The summed E-state index contributed by atoms with van der Waals surface area (Å²) in [4.78, 5) is 46.5. The molecule has 0 bridgehead atoms. The van der Waals surface area contributed by atoms with Crippen LogP contribution in [0.3, 0.4) is 0 Å². The van der Waals surface area contributed by atoms with Gasteiger partial charge in [0.05, 0.1) is 41.6 Å². The average molecular weight is 844 g/mol. The van der Waals surface area contributed by atoms with Crippen molar-refractivity contribution in [1.29, 1.82) is 0 Å². The molecule has 1 saturated carbocycles. The topological polar surface area (TPSA) is 186 Å². The summed E-state index contributed by atoms with van der Waals surface area (Å²) in [5.41, 5.74) is 8.49. The zero-order valence-corrected chi connectivity index (χ0v) is 34.2. The summed E-state index contributed by atoms with van der Waals surface area (Å²) in [6.07, 6.45) is 8.21. The number of amides is 3. The first kappa shape index (κ1) is 40.8. The lowest BCUT2D eigenvalue weighted by Gasteiger charge is -2.35. The fourth-order valence-corrected chi connectivity index (χ4v) is 9.68. The number of nitrogens with zero attached hydrogens (tertiary/aromatic N) is 9. The first-order chi connectivity index (χ1) is 29.4. The second-order valence-electron chi connectivity index (χ2n) is 17.2. The first-order valence-electron chi connectivity index (χ1n) is 21.4. The smallest absolute Gasteiger partial charge is 0.284 e. The molecule has 3 saturated heterocycles. The molecule has 16 nitrogen and oxygen atoms in total. The van der Waals surface area contributed by atoms with Gasteiger partial charge in [0, 0.05) is 68.7 Å². The molecule has 0 spiro atoms. The number of imide groups is 1. The van der Waals surface area contributed by atoms with Crippen molar-refractivity contribution in [2.45, 2.75) is 101 Å². The largest absolute Gasteiger partial charge is 0.382 e. The number of anilines is 3. The van der Waals surface area contributed by atoms with E-state index in [9.17, 15) is 27.6 Å². The molecule has 1 aliphatic carbocycles. The van der Waals surface area contributed by atoms with Gasteiger partial charge < -0.3 is 26.2 Å². The second-order valence-corrected chi connectivity index (χ2v) is 17.2. The Morgan fingerprint density at radius 3 is 2.59 bits per heavy atom. The van der Waals surface area contributed by atoms with Crippen molar-refractivity contribution >= 4 is 51.5 Å². The summed E-state index contributed by atoms with van der Waals surface area (Å²) >= 11 is 0. The van der Waals surface area contributed by atoms with Crippen LogP contribution in [-0.4, -0.2) is 108 Å². The van der Waals surface area contributed by atoms with Crippen LogP contribution >= 0.6 is 0 Å². The van der Waals surface area contributed by atoms with Gasteiger partial charge in [0.15, 0.2) is 11.3 Å². The fraction of sp³-hybridized carbons (Fsp3) is 0.548. The number of aromatic nitrogens is 7. The molecular formula is C42H52F3N13O3. The quantitative estimate of drug-likeness (QED) is 0.130. The van der Waals surface area contributed by atoms with Crippen LogP contribution in [-0.2, 0) is 16.6 Å². The molecule has 0 radical (unpaired) electrons. The van der Waals surface area contributed by atoms with Crippen molar-refractivity contribution < 1.29 is 27.6 Å². The van der Waals surface area contributed by atoms with Crippen LogP contribution in [0.5, 0.6) is 0 Å². The summed E-state index contributed by atoms with van der Waals surface area (Å²) in [6, 6.07) is 7.78. The molecule has 324 valence electrons. The van der Waals surface area contributed by atoms with Crippen LogP contribution in [0.4, 0.5) is 30.4 Å². The number of fused-ring (bicyclic) bond motifs is 2. The number of piperidine rings is 3. The van der Waals surface area contributed by atoms with E-state index in [2.05, 4.69) is 47.2 Å². The molecular weight excluding hydrogens is 792 g/mol. The Kier molecular flexibility index (Phi) is 11.4. The lowest BCUT2D eigenvalue weighted by molar-refractivity contribution is -0.134. The number of rotatable bonds is 11. The van der Waals surface area contributed by atoms with E-state index < -0.39 is 30.1 Å². The molecule has 1 aromatic carbocycles. The summed E-state index contributed by atoms with van der Waals surface area (Å²) in [6.45, 7) is 3.57. The lowest BCUT2D eigenvalue weighted by Crippen LogP contribution is -2.48. The average Bonchev–Trinajstić information content (AvgIpc) is 3.96. The number of hydrogen-bond donors (Lipinski definition) is 4. The molecule has 1 unspecified atom stereocenters. The van der Waals surface area contributed by atoms with Crippen molar-refractivity contribution in [3.8, 4) is 0 Å². The van der Waals surface area contributed by atoms with E-state index >= 15 is 0 Å². The maximum atomic E-state index is 14.3. The number of aryl methyl sites for hydroxylation is 1. The molecule has 7 heterocycles. The van der Waals surface area contributed by atoms with E-state index in [1.165, 1.54) is 16.9 Å². The van der Waals surface area contributed by atoms with Crippen molar-refractivity contribution in [1.82, 2.24) is 44.4 Å². The summed E-state index contributed by atoms with van der Waals surface area (Å²) < 4.78 is 47.6. The minimum absolute atomic E-state index is 0.0470. The van der Waals surface area contributed by atoms with Crippen LogP contribution in [0.1, 0.15) is 104 Å². The number of carbonyl (C=O) groups is 3. The number of benzene rings is 1. The highest BCUT2D eigenvalue weighted by molar-refractivity contribution is 6.08. The van der Waals surface area contributed by atoms with E-state index in [1.807, 2.05) is 19.2 Å². The van der Waals surface area contributed by atoms with Gasteiger partial charge in [-0.25, -0.2) is 22.7 Å². The number of alkyl halides is 3. The second kappa shape index (κ2) is 17.1. The van der Waals surface area contributed by atoms with Gasteiger partial charge in [-0.05, 0) is 94.5 Å². The molecule has 3 atom stereocenters. The van der Waals surface area contributed by atoms with Crippen LogP contribution < -0.4 is 26.6 Å². The van der Waals surface area contributed by atoms with Crippen molar-refractivity contribution in [2.24, 2.45) is 18.7 Å². The van der Waals surface area contributed by atoms with Gasteiger partial charge in [0.25, 0.3) is 12.3 Å². The minimum Gasteiger partial charge on any atom is -0.382 e. The SMILES string of the molecule is Cn1nc(C2CCC(=O)NC2=O)c2ccc(NC3CCN(CCC4CCC(n5cc(NC(=O)c6cnn7ccc(N8C[C@H](N)C[C@@H](F)C8)nc67)c(C(F)F)n5)CC4)CC3)cc21. The van der Waals surface area contributed by atoms with E-state index in [4.69, 9.17) is 5.73 Å². The summed E-state index contributed by atoms with van der Waals surface area (Å²) in [7, 11) is 1.88. The monoisotopic (exact) mass is 843 g/mol. The van der Waals surface area contributed by atoms with Crippen LogP contribution in [0.25, 0.3) is 16.6 Å². The van der Waals surface area contributed by atoms with Gasteiger partial charge in [0.2, 0.25) is 11.8 Å². The molecule has 19 heteroatoms. The Morgan fingerprint density at radius 1 is 1.03 bits per heavy atom. The molecule has 5 aromatic rings. The van der Waals surface area contributed by atoms with Crippen LogP contribution in [0.2, 0.25) is 0 Å². The molecule has 5 N–H and O–H groups in total. The Bertz CT molecular complexity index is 2410. The van der Waals surface area contributed by atoms with Gasteiger partial charge in [0.1, 0.15) is 17.6 Å². The molecule has 4 aromatic heterocycles. The van der Waals surface area contributed by atoms with Gasteiger partial charge in [-0.2, -0.15) is 15.3 Å². The zero-order chi connectivity index (χ0) is 42.4. The first-order valence-corrected chi connectivity index (χ1v) is 21.4. The lowest BCUT2D eigenvalue weighted by atomic mass is 9.84. The van der Waals surface area contributed by atoms with E-state index in [0.29, 0.717) is 42.9 Å². The Morgan fingerprint density at radius 2 is 1.84 bits per heavy atom. The minimum atomic E-state index is -2.89. The number of likely N-dealkylation sites (tertiary alicyclic amines) is 1. The third-order valence-corrected chi connectivity index (χ3v) is 13.0. The van der Waals surface area contributed by atoms with Crippen LogP contribution in [0.15, 0.2) is 42.9 Å². The van der Waals surface area contributed by atoms with Gasteiger partial charge in [-0.15, -0.1) is 0 Å². The van der Waals surface area contributed by atoms with Crippen molar-refractivity contribution in [3.05, 3.63) is 59.8 Å². The van der Waals surface area contributed by atoms with Gasteiger partial charge in [-0.1, -0.05) is 0 Å². The number of halogens is 3. The highest BCUT2D eigenvalue weighted by Crippen LogP contribution is 2.37. The molecule has 61 heavy (non-hydrogen) atoms. The summed E-state index contributed by atoms with van der Waals surface area (Å²) in [5, 5.41) is 22.9. The Balaban J connectivity index is 0.749. The number of nitrogens with two attached hydrogens (primary N) is 1. The molecule has 3 aliphatic heterocycles. The predicted molar refractivity (Wildman–Crippen MR) is 222 cm³/mol. The van der Waals surface area contributed by atoms with Crippen molar-refractivity contribution in [2.75, 3.05) is 48.3 Å². The van der Waals surface area contributed by atoms with E-state index in [0.717, 1.165) is 81.2 Å². The Hall–Kier alpha value is -5.56. The molecule has 4 fully saturated rings. The normalized spacial score (nSPS) is 24.5. The highest BCUT2D eigenvalue weighted by Gasteiger charge is 2.33. The number of nitrogens with one attached hydrogen (secondary N) is 3. The van der Waals surface area contributed by atoms with Gasteiger partial charge in [-0.3, -0.25) is 29.1 Å². The molecule has 9 rings (SSSR count). The van der Waals surface area contributed by atoms with E-state index in [-0.39, 0.29) is 53.8 Å². The van der Waals surface area contributed by atoms with Gasteiger partial charge >= 0.3 is 0 Å². The Labute approximate surface area is 350 Å². The highest BCUT2D eigenvalue weighted by atomic mass is 19.3. The number of hydrogen-bond acceptors (Lipinski definition) is 11. The predicted octanol–water partition coefficient (Wildman–Crippen LogP) is 5.10. The molecule has 4 aliphatic rings. The fourth-order valence-electron chi connectivity index (χ4n) is 9.68. The maximum Gasteiger partial charge on any atom is 0.284 e. The standard InChI is InChI=1S/C42H52F3N13O3/c1-54-34-19-28(4-7-30(34)37(52-54)31-8-9-36(59)51-41(31)60)48-27-11-15-55(16-12-27)14-10-24-2-5-29(6-3-24)58-23-33(38(53-58)39(44)45)49-42(61)32-20-47-57-17-13-35(50-40(32)57)56-21-25(43)18-26(46)22-56/h4,7,13,17,19-20,23-27,29,31,39,48H,2-3,5-6,8-12,14-16,18,21-22,46H2,1H3,(H,49,61)(H,51,59,60)/t24?,25-,26-,29?,31?/m1/s1. The third-order valence-electron chi connectivity index (χ3n) is 13.0. The van der Waals surface area contributed by atoms with Crippen LogP contribution in [0, 0.1) is 5.92 Å². The maximum absolute atomic E-state index is 14.3. The third kappa shape index (κ3) is 8.67. The number of carbonyl (C=O) groups excluding carboxylic acids is 3.